The molecular weight excluding hydrogens is 514 g/mol. The van der Waals surface area contributed by atoms with Gasteiger partial charge in [0, 0.05) is 56.3 Å². The lowest BCUT2D eigenvalue weighted by molar-refractivity contribution is -0.136. The zero-order valence-electron chi connectivity index (χ0n) is 22.8. The molecule has 3 amide bonds. The van der Waals surface area contributed by atoms with Crippen LogP contribution in [0.25, 0.3) is 0 Å². The van der Waals surface area contributed by atoms with Gasteiger partial charge in [-0.1, -0.05) is 5.21 Å². The molecule has 0 aliphatic carbocycles. The van der Waals surface area contributed by atoms with Gasteiger partial charge in [-0.3, -0.25) is 24.7 Å². The zero-order valence-corrected chi connectivity index (χ0v) is 23.6. The Balaban J connectivity index is 1.61. The Bertz CT molecular complexity index is 1320. The number of amides is 3. The van der Waals surface area contributed by atoms with E-state index in [1.165, 1.54) is 11.1 Å². The van der Waals surface area contributed by atoms with Gasteiger partial charge in [-0.25, -0.2) is 14.8 Å². The number of nitrogens with one attached hydrogen (secondary N) is 2. The van der Waals surface area contributed by atoms with Crippen LogP contribution < -0.4 is 15.5 Å². The van der Waals surface area contributed by atoms with Crippen molar-refractivity contribution in [1.29, 1.82) is 5.26 Å². The smallest absolute Gasteiger partial charge is 0.328 e. The van der Waals surface area contributed by atoms with E-state index in [-0.39, 0.29) is 16.8 Å². The third-order valence-corrected chi connectivity index (χ3v) is 7.78. The molecule has 1 saturated heterocycles. The van der Waals surface area contributed by atoms with Gasteiger partial charge in [-0.15, -0.1) is 0 Å². The predicted molar refractivity (Wildman–Crippen MR) is 158 cm³/mol. The van der Waals surface area contributed by atoms with Gasteiger partial charge >= 0.3 is 6.03 Å². The molecule has 0 spiro atoms. The third kappa shape index (κ3) is 6.37. The molecule has 0 bridgehead atoms. The van der Waals surface area contributed by atoms with E-state index in [1.54, 1.807) is 22.7 Å². The summed E-state index contributed by atoms with van der Waals surface area (Å²) in [6, 6.07) is 5.26. The molecule has 0 unspecified atom stereocenters. The molecule has 1 fully saturated rings. The fourth-order valence-electron chi connectivity index (χ4n) is 4.74. The van der Waals surface area contributed by atoms with Crippen molar-refractivity contribution in [3.8, 4) is 6.07 Å². The predicted octanol–water partition coefficient (Wildman–Crippen LogP) is 0.0709. The van der Waals surface area contributed by atoms with Gasteiger partial charge in [0.2, 0.25) is 5.91 Å². The van der Waals surface area contributed by atoms with Crippen LogP contribution in [0.2, 0.25) is 0 Å². The topological polar surface area (TPSA) is 135 Å². The summed E-state index contributed by atoms with van der Waals surface area (Å²) in [5.41, 5.74) is 2.72. The van der Waals surface area contributed by atoms with E-state index in [0.717, 1.165) is 17.9 Å². The van der Waals surface area contributed by atoms with E-state index in [9.17, 15) is 19.6 Å². The Morgan fingerprint density at radius 3 is 2.79 bits per heavy atom. The van der Waals surface area contributed by atoms with Crippen LogP contribution in [0.15, 0.2) is 18.3 Å². The number of piperazine rings is 1. The number of likely N-dealkylation sites (N-methyl/N-ethyl adjacent to an activating group) is 1. The molecular formula is C25H32B2N8O3S. The lowest BCUT2D eigenvalue weighted by Crippen LogP contribution is -2.48. The number of nitriles is 1. The fraction of sp³-hybridized carbons (Fsp3) is 0.440. The Labute approximate surface area is 234 Å². The molecule has 39 heavy (non-hydrogen) atoms. The number of hydrogen-bond acceptors (Lipinski definition) is 9. The summed E-state index contributed by atoms with van der Waals surface area (Å²) >= 11 is 1.68. The van der Waals surface area contributed by atoms with Gasteiger partial charge in [0.25, 0.3) is 0 Å². The molecule has 2 N–H and O–H groups in total. The summed E-state index contributed by atoms with van der Waals surface area (Å²) in [5.74, 6) is 1.60. The first-order valence-electron chi connectivity index (χ1n) is 12.8. The summed E-state index contributed by atoms with van der Waals surface area (Å²) in [4.78, 5) is 52.2. The second-order valence-corrected chi connectivity index (χ2v) is 11.4. The molecule has 4 rings (SSSR count). The maximum absolute atomic E-state index is 13.4. The van der Waals surface area contributed by atoms with Crippen molar-refractivity contribution < 1.29 is 14.4 Å². The average molecular weight is 546 g/mol. The standard InChI is InChI=1S/C25H32B2N8O3S/c1-33-6-7-34(22(37)14-33)13-16-9-18-23(31-20(16)15-36)35(5-3-25(18,26)27)24(38)32-21-10-19(29-4-8-39-2)17(11-28)12-30-21/h9-10,12,15H,3-8,13-14,26-27H2,1-2H3,(H2,29,30,32,38). The minimum absolute atomic E-state index is 0.0100. The van der Waals surface area contributed by atoms with Crippen LogP contribution in [0.1, 0.15) is 33.6 Å². The first-order chi connectivity index (χ1) is 18.7. The van der Waals surface area contributed by atoms with E-state index >= 15 is 0 Å². The van der Waals surface area contributed by atoms with Crippen molar-refractivity contribution in [3.63, 3.8) is 0 Å². The van der Waals surface area contributed by atoms with Crippen LogP contribution in [0.5, 0.6) is 0 Å². The van der Waals surface area contributed by atoms with Gasteiger partial charge < -0.3 is 10.2 Å². The van der Waals surface area contributed by atoms with Crippen LogP contribution in [-0.4, -0.2) is 105 Å². The Hall–Kier alpha value is -3.56. The first kappa shape index (κ1) is 28.4. The van der Waals surface area contributed by atoms with Crippen molar-refractivity contribution in [2.45, 2.75) is 18.2 Å². The molecule has 2 aromatic rings. The average Bonchev–Trinajstić information content (AvgIpc) is 2.90. The Morgan fingerprint density at radius 1 is 1.31 bits per heavy atom. The molecule has 2 aliphatic rings. The highest BCUT2D eigenvalue weighted by atomic mass is 32.2. The number of pyridine rings is 2. The number of fused-ring (bicyclic) bond motifs is 1. The maximum atomic E-state index is 13.4. The second-order valence-electron chi connectivity index (χ2n) is 10.4. The molecule has 0 saturated carbocycles. The highest BCUT2D eigenvalue weighted by molar-refractivity contribution is 7.98. The Kier molecular flexibility index (Phi) is 8.82. The van der Waals surface area contributed by atoms with E-state index in [4.69, 9.17) is 0 Å². The number of hydrogen-bond donors (Lipinski definition) is 2. The van der Waals surface area contributed by atoms with Crippen molar-refractivity contribution in [1.82, 2.24) is 19.8 Å². The number of rotatable bonds is 8. The number of nitrogens with zero attached hydrogens (tertiary/aromatic N) is 6. The zero-order chi connectivity index (χ0) is 28.2. The normalized spacial score (nSPS) is 16.8. The van der Waals surface area contributed by atoms with Crippen LogP contribution >= 0.6 is 11.8 Å². The number of aldehydes is 1. The quantitative estimate of drug-likeness (QED) is 0.268. The van der Waals surface area contributed by atoms with Crippen LogP contribution in [0, 0.1) is 11.3 Å². The molecule has 0 aromatic carbocycles. The minimum atomic E-state index is -0.426. The van der Waals surface area contributed by atoms with Crippen molar-refractivity contribution in [3.05, 3.63) is 40.7 Å². The van der Waals surface area contributed by atoms with Gasteiger partial charge in [0.15, 0.2) is 6.29 Å². The van der Waals surface area contributed by atoms with E-state index < -0.39 is 6.03 Å². The van der Waals surface area contributed by atoms with Gasteiger partial charge in [0.1, 0.15) is 39.1 Å². The summed E-state index contributed by atoms with van der Waals surface area (Å²) in [7, 11) is 6.08. The first-order valence-corrected chi connectivity index (χ1v) is 14.2. The summed E-state index contributed by atoms with van der Waals surface area (Å²) in [5, 5.41) is 15.2. The number of carbonyl (C=O) groups excluding carboxylic acids is 3. The van der Waals surface area contributed by atoms with Gasteiger partial charge in [-0.05, 0) is 31.4 Å². The van der Waals surface area contributed by atoms with Gasteiger partial charge in [0.05, 0.1) is 17.8 Å². The molecule has 202 valence electrons. The molecule has 0 radical (unpaired) electrons. The number of thioether (sulfide) groups is 1. The second kappa shape index (κ2) is 12.1. The molecule has 0 atom stereocenters. The third-order valence-electron chi connectivity index (χ3n) is 7.17. The lowest BCUT2D eigenvalue weighted by atomic mass is 9.48. The molecule has 2 aliphatic heterocycles. The van der Waals surface area contributed by atoms with Crippen molar-refractivity contribution in [2.75, 3.05) is 67.3 Å². The number of urea groups is 1. The molecule has 2 aromatic heterocycles. The number of anilines is 3. The minimum Gasteiger partial charge on any atom is -0.383 e. The number of carbonyl (C=O) groups is 3. The maximum Gasteiger partial charge on any atom is 0.328 e. The monoisotopic (exact) mass is 546 g/mol. The number of aromatic nitrogens is 2. The van der Waals surface area contributed by atoms with Crippen LogP contribution in [0.4, 0.5) is 22.1 Å². The van der Waals surface area contributed by atoms with Gasteiger partial charge in [-0.2, -0.15) is 17.0 Å². The molecule has 11 nitrogen and oxygen atoms in total. The highest BCUT2D eigenvalue weighted by Gasteiger charge is 2.36. The molecule has 4 heterocycles. The summed E-state index contributed by atoms with van der Waals surface area (Å²) < 4.78 is 0. The molecule has 14 heteroatoms. The van der Waals surface area contributed by atoms with E-state index in [2.05, 4.69) is 42.4 Å². The van der Waals surface area contributed by atoms with Crippen LogP contribution in [0.3, 0.4) is 0 Å². The van der Waals surface area contributed by atoms with Crippen molar-refractivity contribution >= 4 is 63.0 Å². The van der Waals surface area contributed by atoms with Crippen LogP contribution in [-0.2, 0) is 16.6 Å². The van der Waals surface area contributed by atoms with Crippen molar-refractivity contribution in [2.24, 2.45) is 0 Å². The highest BCUT2D eigenvalue weighted by Crippen LogP contribution is 2.36. The van der Waals surface area contributed by atoms with E-state index in [0.29, 0.717) is 73.9 Å². The Morgan fingerprint density at radius 2 is 2.10 bits per heavy atom. The fourth-order valence-corrected chi connectivity index (χ4v) is 5.05. The summed E-state index contributed by atoms with van der Waals surface area (Å²) in [6.45, 7) is 3.05. The summed E-state index contributed by atoms with van der Waals surface area (Å²) in [6.07, 6.45) is 4.80. The van der Waals surface area contributed by atoms with E-state index in [1.807, 2.05) is 24.3 Å². The lowest BCUT2D eigenvalue weighted by Gasteiger charge is -2.39. The largest absolute Gasteiger partial charge is 0.383 e. The SMILES string of the molecule is BC1(B)CCN(C(=O)Nc2cc(NCCSC)c(C#N)cn2)c2nc(C=O)c(CN3CCN(C)CC3=O)cc21.